The van der Waals surface area contributed by atoms with Gasteiger partial charge in [-0.3, -0.25) is 0 Å². The number of hydrogen-bond acceptors (Lipinski definition) is 2. The first-order valence-electron chi connectivity index (χ1n) is 3.95. The Bertz CT molecular complexity index is 81.3. The summed E-state index contributed by atoms with van der Waals surface area (Å²) in [5.74, 6) is 0.638. The van der Waals surface area contributed by atoms with Crippen LogP contribution in [0, 0.1) is 5.92 Å². The molecule has 0 unspecified atom stereocenters. The van der Waals surface area contributed by atoms with E-state index < -0.39 is 0 Å². The lowest BCUT2D eigenvalue weighted by molar-refractivity contribution is 0.183. The smallest absolute Gasteiger partial charge is 0.0636 e. The monoisotopic (exact) mass is 145 g/mol. The van der Waals surface area contributed by atoms with Crippen molar-refractivity contribution in [3.63, 3.8) is 0 Å². The first-order chi connectivity index (χ1) is 4.54. The molecule has 0 fully saturated rings. The van der Waals surface area contributed by atoms with Crippen molar-refractivity contribution >= 4 is 0 Å². The van der Waals surface area contributed by atoms with E-state index >= 15 is 0 Å². The van der Waals surface area contributed by atoms with Crippen molar-refractivity contribution in [2.75, 3.05) is 6.54 Å². The van der Waals surface area contributed by atoms with E-state index in [0.717, 1.165) is 0 Å². The van der Waals surface area contributed by atoms with Gasteiger partial charge in [0.1, 0.15) is 0 Å². The third-order valence-electron chi connectivity index (χ3n) is 1.74. The second-order valence-electron chi connectivity index (χ2n) is 3.29. The average Bonchev–Trinajstić information content (AvgIpc) is 1.82. The Hall–Kier alpha value is -0.0800. The lowest BCUT2D eigenvalue weighted by atomic mass is 10.1. The second kappa shape index (κ2) is 4.69. The van der Waals surface area contributed by atoms with Crippen molar-refractivity contribution in [3.05, 3.63) is 0 Å². The largest absolute Gasteiger partial charge is 0.392 e. The number of nitrogens with one attached hydrogen (secondary N) is 1. The highest BCUT2D eigenvalue weighted by atomic mass is 16.3. The van der Waals surface area contributed by atoms with E-state index in [1.165, 1.54) is 0 Å². The van der Waals surface area contributed by atoms with Gasteiger partial charge >= 0.3 is 0 Å². The molecule has 2 N–H and O–H groups in total. The summed E-state index contributed by atoms with van der Waals surface area (Å²) in [5, 5.41) is 12.2. The normalized spacial score (nSPS) is 17.4. The molecule has 0 aromatic heterocycles. The summed E-state index contributed by atoms with van der Waals surface area (Å²) in [7, 11) is 0. The van der Waals surface area contributed by atoms with Gasteiger partial charge in [-0.1, -0.05) is 13.8 Å². The molecule has 0 spiro atoms. The third-order valence-corrected chi connectivity index (χ3v) is 1.74. The van der Waals surface area contributed by atoms with Crippen molar-refractivity contribution < 1.29 is 5.11 Å². The fourth-order valence-electron chi connectivity index (χ4n) is 0.592. The minimum Gasteiger partial charge on any atom is -0.392 e. The lowest BCUT2D eigenvalue weighted by Gasteiger charge is -2.18. The van der Waals surface area contributed by atoms with E-state index in [-0.39, 0.29) is 6.10 Å². The summed E-state index contributed by atoms with van der Waals surface area (Å²) < 4.78 is 0. The Morgan fingerprint density at radius 3 is 2.00 bits per heavy atom. The maximum Gasteiger partial charge on any atom is 0.0636 e. The predicted molar refractivity (Wildman–Crippen MR) is 44.0 cm³/mol. The van der Waals surface area contributed by atoms with E-state index in [4.69, 9.17) is 5.11 Å². The molecule has 0 amide bonds. The zero-order valence-electron chi connectivity index (χ0n) is 7.39. The Morgan fingerprint density at radius 2 is 1.70 bits per heavy atom. The van der Waals surface area contributed by atoms with Gasteiger partial charge in [0.15, 0.2) is 0 Å². The quantitative estimate of drug-likeness (QED) is 0.618. The average molecular weight is 145 g/mol. The molecule has 0 aliphatic rings. The van der Waals surface area contributed by atoms with Crippen LogP contribution in [0.25, 0.3) is 0 Å². The fourth-order valence-corrected chi connectivity index (χ4v) is 0.592. The van der Waals surface area contributed by atoms with Gasteiger partial charge in [-0.25, -0.2) is 0 Å². The molecule has 2 heteroatoms. The molecule has 0 aliphatic heterocycles. The molecular weight excluding hydrogens is 126 g/mol. The SMILES string of the molecule is CC(C)[C@@H](C)NC[C@H](C)O. The van der Waals surface area contributed by atoms with Crippen LogP contribution < -0.4 is 5.32 Å². The van der Waals surface area contributed by atoms with Crippen LogP contribution in [0.5, 0.6) is 0 Å². The molecule has 62 valence electrons. The van der Waals surface area contributed by atoms with Gasteiger partial charge in [0.25, 0.3) is 0 Å². The number of rotatable bonds is 4. The van der Waals surface area contributed by atoms with Gasteiger partial charge in [0.2, 0.25) is 0 Å². The molecule has 0 bridgehead atoms. The van der Waals surface area contributed by atoms with Crippen LogP contribution in [0.3, 0.4) is 0 Å². The highest BCUT2D eigenvalue weighted by molar-refractivity contribution is 4.65. The molecule has 0 aromatic rings. The molecule has 10 heavy (non-hydrogen) atoms. The molecule has 0 saturated heterocycles. The van der Waals surface area contributed by atoms with Gasteiger partial charge in [-0.2, -0.15) is 0 Å². The molecule has 0 rings (SSSR count). The Kier molecular flexibility index (Phi) is 4.65. The van der Waals surface area contributed by atoms with Crippen LogP contribution in [-0.4, -0.2) is 23.8 Å². The summed E-state index contributed by atoms with van der Waals surface area (Å²) in [6, 6.07) is 0.495. The molecule has 2 atom stereocenters. The van der Waals surface area contributed by atoms with Crippen LogP contribution in [0.2, 0.25) is 0 Å². The maximum atomic E-state index is 8.92. The number of aliphatic hydroxyl groups excluding tert-OH is 1. The maximum absolute atomic E-state index is 8.92. The van der Waals surface area contributed by atoms with E-state index in [9.17, 15) is 0 Å². The van der Waals surface area contributed by atoms with Gasteiger partial charge in [-0.05, 0) is 19.8 Å². The zero-order valence-corrected chi connectivity index (χ0v) is 7.39. The van der Waals surface area contributed by atoms with Crippen molar-refractivity contribution in [2.45, 2.75) is 39.8 Å². The van der Waals surface area contributed by atoms with E-state index in [1.807, 2.05) is 0 Å². The molecule has 0 heterocycles. The first-order valence-corrected chi connectivity index (χ1v) is 3.95. The Balaban J connectivity index is 3.30. The predicted octanol–water partition coefficient (Wildman–Crippen LogP) is 1.00. The molecule has 0 aliphatic carbocycles. The van der Waals surface area contributed by atoms with Crippen molar-refractivity contribution in [2.24, 2.45) is 5.92 Å². The standard InChI is InChI=1S/C8H19NO/c1-6(2)8(4)9-5-7(3)10/h6-10H,5H2,1-4H3/t7-,8+/m0/s1. The van der Waals surface area contributed by atoms with Crippen LogP contribution >= 0.6 is 0 Å². The minimum absolute atomic E-state index is 0.235. The summed E-state index contributed by atoms with van der Waals surface area (Å²) in [6.45, 7) is 8.95. The van der Waals surface area contributed by atoms with Gasteiger partial charge in [0.05, 0.1) is 6.10 Å². The molecule has 2 nitrogen and oxygen atoms in total. The third kappa shape index (κ3) is 4.77. The van der Waals surface area contributed by atoms with Gasteiger partial charge < -0.3 is 10.4 Å². The Labute approximate surface area is 63.6 Å². The van der Waals surface area contributed by atoms with Crippen molar-refractivity contribution in [1.82, 2.24) is 5.32 Å². The van der Waals surface area contributed by atoms with Crippen LogP contribution in [-0.2, 0) is 0 Å². The van der Waals surface area contributed by atoms with Gasteiger partial charge in [-0.15, -0.1) is 0 Å². The minimum atomic E-state index is -0.235. The molecule has 0 saturated carbocycles. The number of hydrogen-bond donors (Lipinski definition) is 2. The number of aliphatic hydroxyl groups is 1. The zero-order chi connectivity index (χ0) is 8.15. The molecule has 0 aromatic carbocycles. The van der Waals surface area contributed by atoms with Gasteiger partial charge in [0, 0.05) is 12.6 Å². The summed E-state index contributed by atoms with van der Waals surface area (Å²) >= 11 is 0. The van der Waals surface area contributed by atoms with Crippen LogP contribution in [0.1, 0.15) is 27.7 Å². The lowest BCUT2D eigenvalue weighted by Crippen LogP contribution is -2.35. The van der Waals surface area contributed by atoms with E-state index in [2.05, 4.69) is 26.1 Å². The Morgan fingerprint density at radius 1 is 1.20 bits per heavy atom. The molecule has 0 radical (unpaired) electrons. The highest BCUT2D eigenvalue weighted by Crippen LogP contribution is 1.98. The second-order valence-corrected chi connectivity index (χ2v) is 3.29. The summed E-state index contributed by atoms with van der Waals surface area (Å²) in [5.41, 5.74) is 0. The first kappa shape index (κ1) is 9.92. The summed E-state index contributed by atoms with van der Waals surface area (Å²) in [4.78, 5) is 0. The topological polar surface area (TPSA) is 32.3 Å². The van der Waals surface area contributed by atoms with Crippen LogP contribution in [0.4, 0.5) is 0 Å². The van der Waals surface area contributed by atoms with E-state index in [1.54, 1.807) is 6.92 Å². The van der Waals surface area contributed by atoms with Crippen molar-refractivity contribution in [1.29, 1.82) is 0 Å². The van der Waals surface area contributed by atoms with E-state index in [0.29, 0.717) is 18.5 Å². The fraction of sp³-hybridized carbons (Fsp3) is 1.00. The van der Waals surface area contributed by atoms with Crippen molar-refractivity contribution in [3.8, 4) is 0 Å². The van der Waals surface area contributed by atoms with Crippen LogP contribution in [0.15, 0.2) is 0 Å². The summed E-state index contributed by atoms with van der Waals surface area (Å²) in [6.07, 6.45) is -0.235. The molecular formula is C8H19NO. The highest BCUT2D eigenvalue weighted by Gasteiger charge is 2.05.